The SMILES string of the molecule is N#Cc1cccc(-c2c(CCN3c4ccccc4C4C=CC=CC43)c(-n3c4ccccc4c4ccccc43)c(-n3c4ccccc4c4ccccc43)c(-c3cccc(C#N)c3)c2-n2c3ccccc3c3ccccc32)c1. The quantitative estimate of drug-likeness (QED) is 0.152. The predicted octanol–water partition coefficient (Wildman–Crippen LogP) is 16.7. The van der Waals surface area contributed by atoms with Gasteiger partial charge in [-0.1, -0.05) is 176 Å². The number of aromatic nitrogens is 3. The summed E-state index contributed by atoms with van der Waals surface area (Å²) in [4.78, 5) is 2.62. The highest BCUT2D eigenvalue weighted by Gasteiger charge is 2.38. The molecule has 15 rings (SSSR count). The van der Waals surface area contributed by atoms with Gasteiger partial charge in [0.25, 0.3) is 0 Å². The van der Waals surface area contributed by atoms with Crippen molar-refractivity contribution in [3.63, 3.8) is 0 Å². The third-order valence-electron chi connectivity index (χ3n) is 16.2. The molecule has 356 valence electrons. The first-order valence-electron chi connectivity index (χ1n) is 26.1. The number of nitrogens with zero attached hydrogens (tertiary/aromatic N) is 6. The van der Waals surface area contributed by atoms with E-state index in [2.05, 4.69) is 249 Å². The van der Waals surface area contributed by atoms with Crippen molar-refractivity contribution >= 4 is 71.1 Å². The van der Waals surface area contributed by atoms with Crippen LogP contribution in [0.4, 0.5) is 5.69 Å². The minimum Gasteiger partial charge on any atom is -0.364 e. The van der Waals surface area contributed by atoms with Crippen LogP contribution in [0.15, 0.2) is 243 Å². The molecule has 76 heavy (non-hydrogen) atoms. The highest BCUT2D eigenvalue weighted by Crippen LogP contribution is 2.53. The number of hydrogen-bond acceptors (Lipinski definition) is 3. The Bertz CT molecular complexity index is 4550. The van der Waals surface area contributed by atoms with E-state index in [-0.39, 0.29) is 12.0 Å². The Labute approximate surface area is 439 Å². The van der Waals surface area contributed by atoms with E-state index in [1.807, 2.05) is 24.3 Å². The van der Waals surface area contributed by atoms with E-state index in [4.69, 9.17) is 0 Å². The number of para-hydroxylation sites is 7. The predicted molar refractivity (Wildman–Crippen MR) is 312 cm³/mol. The van der Waals surface area contributed by atoms with Crippen LogP contribution in [0.5, 0.6) is 0 Å². The fourth-order valence-electron chi connectivity index (χ4n) is 13.1. The lowest BCUT2D eigenvalue weighted by Crippen LogP contribution is -2.34. The smallest absolute Gasteiger partial charge is 0.0991 e. The van der Waals surface area contributed by atoms with Gasteiger partial charge in [0.2, 0.25) is 0 Å². The summed E-state index contributed by atoms with van der Waals surface area (Å²) < 4.78 is 7.54. The molecular formula is C70H46N6. The molecule has 0 saturated carbocycles. The Morgan fingerprint density at radius 3 is 1.28 bits per heavy atom. The van der Waals surface area contributed by atoms with Gasteiger partial charge in [-0.3, -0.25) is 0 Å². The average Bonchev–Trinajstić information content (AvgIpc) is 4.23. The molecule has 0 fully saturated rings. The van der Waals surface area contributed by atoms with E-state index in [0.29, 0.717) is 24.1 Å². The lowest BCUT2D eigenvalue weighted by Gasteiger charge is -2.33. The number of benzene rings is 10. The molecule has 10 aromatic carbocycles. The maximum absolute atomic E-state index is 10.9. The molecule has 2 unspecified atom stereocenters. The van der Waals surface area contributed by atoms with Crippen LogP contribution in [0.1, 0.15) is 28.2 Å². The second kappa shape index (κ2) is 17.2. The van der Waals surface area contributed by atoms with Crippen molar-refractivity contribution in [3.8, 4) is 51.5 Å². The molecule has 2 aliphatic rings. The lowest BCUT2D eigenvalue weighted by molar-refractivity contribution is 0.669. The lowest BCUT2D eigenvalue weighted by atomic mass is 9.85. The number of anilines is 1. The van der Waals surface area contributed by atoms with Crippen LogP contribution < -0.4 is 4.90 Å². The first-order chi connectivity index (χ1) is 37.7. The monoisotopic (exact) mass is 970 g/mol. The fourth-order valence-corrected chi connectivity index (χ4v) is 13.1. The maximum Gasteiger partial charge on any atom is 0.0991 e. The van der Waals surface area contributed by atoms with Crippen molar-refractivity contribution in [2.24, 2.45) is 0 Å². The minimum atomic E-state index is 0.131. The first kappa shape index (κ1) is 43.4. The highest BCUT2D eigenvalue weighted by atomic mass is 15.2. The van der Waals surface area contributed by atoms with Crippen molar-refractivity contribution < 1.29 is 0 Å². The highest BCUT2D eigenvalue weighted by molar-refractivity contribution is 6.16. The Balaban J connectivity index is 1.23. The molecule has 13 aromatic rings. The maximum atomic E-state index is 10.9. The fraction of sp³-hybridized carbons (Fsp3) is 0.0571. The van der Waals surface area contributed by atoms with Gasteiger partial charge in [-0.25, -0.2) is 0 Å². The third kappa shape index (κ3) is 6.38. The molecule has 0 radical (unpaired) electrons. The van der Waals surface area contributed by atoms with Crippen LogP contribution in [-0.2, 0) is 6.42 Å². The molecule has 1 aliphatic carbocycles. The Morgan fingerprint density at radius 1 is 0.382 bits per heavy atom. The summed E-state index contributed by atoms with van der Waals surface area (Å²) in [6.07, 6.45) is 9.74. The summed E-state index contributed by atoms with van der Waals surface area (Å²) in [6, 6.07) is 83.2. The Kier molecular flexibility index (Phi) is 9.86. The molecule has 6 nitrogen and oxygen atoms in total. The molecule has 0 amide bonds. The Hall–Kier alpha value is -10.1. The van der Waals surface area contributed by atoms with Gasteiger partial charge in [-0.15, -0.1) is 0 Å². The van der Waals surface area contributed by atoms with E-state index in [9.17, 15) is 10.5 Å². The third-order valence-corrected chi connectivity index (χ3v) is 16.2. The van der Waals surface area contributed by atoms with Gasteiger partial charge in [0.1, 0.15) is 0 Å². The first-order valence-corrected chi connectivity index (χ1v) is 26.1. The largest absolute Gasteiger partial charge is 0.364 e. The van der Waals surface area contributed by atoms with Gasteiger partial charge in [0, 0.05) is 61.6 Å². The molecule has 0 bridgehead atoms. The average molecular weight is 971 g/mol. The van der Waals surface area contributed by atoms with E-state index in [1.165, 1.54) is 11.3 Å². The van der Waals surface area contributed by atoms with Crippen LogP contribution in [0.3, 0.4) is 0 Å². The molecule has 2 atom stereocenters. The van der Waals surface area contributed by atoms with Crippen molar-refractivity contribution in [2.75, 3.05) is 11.4 Å². The topological polar surface area (TPSA) is 65.6 Å². The summed E-state index contributed by atoms with van der Waals surface area (Å²) in [6.45, 7) is 0.688. The van der Waals surface area contributed by atoms with Crippen LogP contribution in [-0.4, -0.2) is 26.3 Å². The molecular weight excluding hydrogens is 925 g/mol. The Morgan fingerprint density at radius 2 is 0.789 bits per heavy atom. The zero-order valence-corrected chi connectivity index (χ0v) is 41.3. The molecule has 4 heterocycles. The van der Waals surface area contributed by atoms with Crippen molar-refractivity contribution in [1.82, 2.24) is 13.7 Å². The zero-order chi connectivity index (χ0) is 50.4. The van der Waals surface area contributed by atoms with E-state index in [0.717, 1.165) is 110 Å². The zero-order valence-electron chi connectivity index (χ0n) is 41.3. The van der Waals surface area contributed by atoms with Crippen LogP contribution in [0.25, 0.3) is 105 Å². The number of hydrogen-bond donors (Lipinski definition) is 0. The second-order valence-electron chi connectivity index (χ2n) is 20.1. The van der Waals surface area contributed by atoms with Crippen molar-refractivity contribution in [2.45, 2.75) is 18.4 Å². The molecule has 0 spiro atoms. The van der Waals surface area contributed by atoms with E-state index in [1.54, 1.807) is 0 Å². The summed E-state index contributed by atoms with van der Waals surface area (Å²) in [7, 11) is 0. The van der Waals surface area contributed by atoms with Gasteiger partial charge < -0.3 is 18.6 Å². The number of nitriles is 2. The number of rotatable bonds is 8. The number of allylic oxidation sites excluding steroid dienone is 2. The second-order valence-corrected chi connectivity index (χ2v) is 20.1. The van der Waals surface area contributed by atoms with E-state index >= 15 is 0 Å². The standard InChI is InChI=1S/C70H46N6/c71-43-45-19-17-21-47(41-45)66-57(39-40-73-58-31-9-1-23-49(58)50-24-2-10-32-59(50)73)68(74-60-33-11-3-25-51(60)52-26-4-12-34-61(52)74)70(76-64-37-15-7-29-55(64)56-30-8-16-38-65(56)76)67(48-22-18-20-46(42-48)44-72)69(66)75-62-35-13-5-27-53(62)54-28-6-14-36-63(54)75/h1-38,41-42,49,58H,39-40H2. The van der Waals surface area contributed by atoms with Gasteiger partial charge in [-0.05, 0) is 95.4 Å². The summed E-state index contributed by atoms with van der Waals surface area (Å²) in [5.41, 5.74) is 18.1. The normalized spacial score (nSPS) is 14.8. The molecule has 3 aromatic heterocycles. The van der Waals surface area contributed by atoms with Gasteiger partial charge >= 0.3 is 0 Å². The summed E-state index contributed by atoms with van der Waals surface area (Å²) in [5, 5.41) is 28.6. The van der Waals surface area contributed by atoms with Crippen LogP contribution >= 0.6 is 0 Å². The molecule has 6 heteroatoms. The molecule has 0 saturated heterocycles. The molecule has 0 N–H and O–H groups in total. The minimum absolute atomic E-state index is 0.131. The van der Waals surface area contributed by atoms with Crippen molar-refractivity contribution in [3.05, 3.63) is 265 Å². The molecule has 1 aliphatic heterocycles. The summed E-state index contributed by atoms with van der Waals surface area (Å²) >= 11 is 0. The van der Waals surface area contributed by atoms with Crippen molar-refractivity contribution in [1.29, 1.82) is 10.5 Å². The van der Waals surface area contributed by atoms with Gasteiger partial charge in [0.05, 0.1) is 79.5 Å². The van der Waals surface area contributed by atoms with Gasteiger partial charge in [-0.2, -0.15) is 10.5 Å². The summed E-state index contributed by atoms with van der Waals surface area (Å²) in [5.74, 6) is 0.223. The van der Waals surface area contributed by atoms with Crippen LogP contribution in [0.2, 0.25) is 0 Å². The number of fused-ring (bicyclic) bond motifs is 12. The van der Waals surface area contributed by atoms with Gasteiger partial charge in [0.15, 0.2) is 0 Å². The van der Waals surface area contributed by atoms with Crippen LogP contribution in [0, 0.1) is 22.7 Å². The van der Waals surface area contributed by atoms with E-state index < -0.39 is 0 Å².